The van der Waals surface area contributed by atoms with Crippen molar-refractivity contribution in [3.8, 4) is 5.82 Å². The fourth-order valence-electron chi connectivity index (χ4n) is 7.14. The normalized spacial score (nSPS) is 12.9. The zero-order chi connectivity index (χ0) is 33.6. The maximum absolute atomic E-state index is 5.55. The first kappa shape index (κ1) is 33.6. The lowest BCUT2D eigenvalue weighted by Crippen LogP contribution is -2.23. The molecule has 0 radical (unpaired) electrons. The van der Waals surface area contributed by atoms with Gasteiger partial charge < -0.3 is 9.88 Å². The summed E-state index contributed by atoms with van der Waals surface area (Å²) in [6.45, 7) is 27.6. The van der Waals surface area contributed by atoms with E-state index in [2.05, 4.69) is 165 Å². The highest BCUT2D eigenvalue weighted by molar-refractivity contribution is 5.86. The third kappa shape index (κ3) is 6.04. The second-order valence-electron chi connectivity index (χ2n) is 14.9. The number of benzene rings is 3. The zero-order valence-corrected chi connectivity index (χ0v) is 30.6. The van der Waals surface area contributed by atoms with Crippen LogP contribution in [0.15, 0.2) is 60.8 Å². The molecule has 0 aliphatic rings. The van der Waals surface area contributed by atoms with Gasteiger partial charge in [-0.3, -0.25) is 4.57 Å². The molecule has 244 valence electrons. The number of nitrogens with one attached hydrogen (secondary N) is 1. The lowest BCUT2D eigenvalue weighted by molar-refractivity contribution is 0.700. The van der Waals surface area contributed by atoms with Gasteiger partial charge in [0.05, 0.1) is 5.52 Å². The first-order valence-corrected chi connectivity index (χ1v) is 17.4. The molecule has 46 heavy (non-hydrogen) atoms. The van der Waals surface area contributed by atoms with Crippen LogP contribution in [0.25, 0.3) is 16.7 Å². The van der Waals surface area contributed by atoms with E-state index >= 15 is 0 Å². The smallest absolute Gasteiger partial charge is 0.155 e. The molecule has 0 bridgehead atoms. The fourth-order valence-corrected chi connectivity index (χ4v) is 7.14. The number of rotatable bonds is 10. The first-order valence-electron chi connectivity index (χ1n) is 17.4. The predicted molar refractivity (Wildman–Crippen MR) is 198 cm³/mol. The van der Waals surface area contributed by atoms with Gasteiger partial charge in [0.25, 0.3) is 0 Å². The van der Waals surface area contributed by atoms with E-state index in [0.717, 1.165) is 11.6 Å². The van der Waals surface area contributed by atoms with Crippen LogP contribution >= 0.6 is 0 Å². The van der Waals surface area contributed by atoms with Crippen molar-refractivity contribution in [1.82, 2.24) is 14.1 Å². The number of imidazole rings is 1. The third-order valence-corrected chi connectivity index (χ3v) is 9.94. The van der Waals surface area contributed by atoms with E-state index in [1.54, 1.807) is 0 Å². The van der Waals surface area contributed by atoms with Crippen LogP contribution < -0.4 is 5.32 Å². The lowest BCUT2D eigenvalue weighted by atomic mass is 9.81. The van der Waals surface area contributed by atoms with Gasteiger partial charge in [0.2, 0.25) is 0 Å². The van der Waals surface area contributed by atoms with E-state index < -0.39 is 0 Å². The second kappa shape index (κ2) is 13.1. The molecule has 0 saturated heterocycles. The van der Waals surface area contributed by atoms with Gasteiger partial charge >= 0.3 is 0 Å². The Balaban J connectivity index is 1.85. The van der Waals surface area contributed by atoms with Gasteiger partial charge in [-0.1, -0.05) is 118 Å². The van der Waals surface area contributed by atoms with Crippen LogP contribution in [0.4, 0.5) is 5.69 Å². The largest absolute Gasteiger partial charge is 0.371 e. The Morgan fingerprint density at radius 3 is 1.72 bits per heavy atom. The van der Waals surface area contributed by atoms with Crippen molar-refractivity contribution in [2.24, 2.45) is 7.05 Å². The average molecular weight is 617 g/mol. The maximum Gasteiger partial charge on any atom is 0.155 e. The van der Waals surface area contributed by atoms with Gasteiger partial charge in [-0.15, -0.1) is 0 Å². The standard InChI is InChI=1S/C42H56N4/c1-24(2)31-21-35(27(7)8)39(36(22-31)28(9)10)41(44-40-32(25(3)4)18-16-19-33(40)26(5)6)42-43-38(23-45(42)13)46-30(12)29(11)34-17-14-15-20-37(34)46/h14-28,41,44H,1-13H3. The van der Waals surface area contributed by atoms with Crippen LogP contribution in [0.1, 0.15) is 155 Å². The molecule has 3 aromatic carbocycles. The number of aromatic nitrogens is 3. The number of para-hydroxylation sites is 2. The maximum atomic E-state index is 5.55. The van der Waals surface area contributed by atoms with E-state index in [0.29, 0.717) is 29.6 Å². The summed E-state index contributed by atoms with van der Waals surface area (Å²) in [5.41, 5.74) is 13.3. The van der Waals surface area contributed by atoms with Gasteiger partial charge in [0, 0.05) is 30.0 Å². The summed E-state index contributed by atoms with van der Waals surface area (Å²) in [5.74, 6) is 3.93. The van der Waals surface area contributed by atoms with E-state index in [9.17, 15) is 0 Å². The van der Waals surface area contributed by atoms with Crippen LogP contribution in [-0.2, 0) is 7.05 Å². The Morgan fingerprint density at radius 1 is 0.652 bits per heavy atom. The summed E-state index contributed by atoms with van der Waals surface area (Å²) in [5, 5.41) is 5.50. The van der Waals surface area contributed by atoms with Crippen molar-refractivity contribution in [3.63, 3.8) is 0 Å². The Labute approximate surface area is 278 Å². The van der Waals surface area contributed by atoms with Crippen molar-refractivity contribution in [3.05, 3.63) is 111 Å². The predicted octanol–water partition coefficient (Wildman–Crippen LogP) is 11.8. The molecule has 0 saturated carbocycles. The minimum absolute atomic E-state index is 0.143. The first-order chi connectivity index (χ1) is 21.7. The number of hydrogen-bond acceptors (Lipinski definition) is 2. The van der Waals surface area contributed by atoms with E-state index in [1.807, 2.05) is 0 Å². The van der Waals surface area contributed by atoms with Crippen LogP contribution in [0.3, 0.4) is 0 Å². The van der Waals surface area contributed by atoms with E-state index in [-0.39, 0.29) is 6.04 Å². The van der Waals surface area contributed by atoms with Crippen LogP contribution in [0.5, 0.6) is 0 Å². The van der Waals surface area contributed by atoms with Crippen molar-refractivity contribution in [2.75, 3.05) is 5.32 Å². The van der Waals surface area contributed by atoms with Crippen LogP contribution in [0.2, 0.25) is 0 Å². The number of fused-ring (bicyclic) bond motifs is 1. The molecule has 0 amide bonds. The molecule has 2 aromatic heterocycles. The molecular weight excluding hydrogens is 560 g/mol. The van der Waals surface area contributed by atoms with Gasteiger partial charge in [0.15, 0.2) is 5.82 Å². The Bertz CT molecular complexity index is 1790. The molecule has 0 spiro atoms. The Kier molecular flexibility index (Phi) is 9.59. The number of hydrogen-bond donors (Lipinski definition) is 1. The van der Waals surface area contributed by atoms with E-state index in [4.69, 9.17) is 4.98 Å². The molecule has 1 unspecified atom stereocenters. The van der Waals surface area contributed by atoms with Crippen molar-refractivity contribution in [1.29, 1.82) is 0 Å². The van der Waals surface area contributed by atoms with Gasteiger partial charge in [-0.2, -0.15) is 0 Å². The minimum atomic E-state index is -0.143. The molecule has 2 heterocycles. The van der Waals surface area contributed by atoms with Crippen LogP contribution in [0, 0.1) is 13.8 Å². The average Bonchev–Trinajstić information content (AvgIpc) is 3.50. The summed E-state index contributed by atoms with van der Waals surface area (Å²) in [6.07, 6.45) is 2.22. The molecule has 4 heteroatoms. The second-order valence-corrected chi connectivity index (χ2v) is 14.9. The molecule has 0 aliphatic heterocycles. The summed E-state index contributed by atoms with van der Waals surface area (Å²) in [4.78, 5) is 5.55. The summed E-state index contributed by atoms with van der Waals surface area (Å²) < 4.78 is 4.59. The van der Waals surface area contributed by atoms with Gasteiger partial charge in [0.1, 0.15) is 11.9 Å². The zero-order valence-electron chi connectivity index (χ0n) is 30.6. The Morgan fingerprint density at radius 2 is 1.20 bits per heavy atom. The monoisotopic (exact) mass is 616 g/mol. The quantitative estimate of drug-likeness (QED) is 0.169. The lowest BCUT2D eigenvalue weighted by Gasteiger charge is -2.32. The number of anilines is 1. The van der Waals surface area contributed by atoms with Gasteiger partial charge in [-0.05, 0) is 88.4 Å². The third-order valence-electron chi connectivity index (χ3n) is 9.94. The summed E-state index contributed by atoms with van der Waals surface area (Å²) >= 11 is 0. The molecule has 1 atom stereocenters. The molecule has 1 N–H and O–H groups in total. The molecule has 5 aromatic rings. The number of aryl methyl sites for hydroxylation is 2. The minimum Gasteiger partial charge on any atom is -0.371 e. The Hall–Kier alpha value is -3.79. The molecule has 5 rings (SSSR count). The molecule has 0 aliphatic carbocycles. The SMILES string of the molecule is Cc1c(C)n(-c2cn(C)c(C(Nc3c(C(C)C)cccc3C(C)C)c3c(C(C)C)cc(C(C)C)cc3C(C)C)n2)c2ccccc12. The highest BCUT2D eigenvalue weighted by Gasteiger charge is 2.30. The molecule has 0 fully saturated rings. The summed E-state index contributed by atoms with van der Waals surface area (Å²) in [7, 11) is 2.17. The highest BCUT2D eigenvalue weighted by atomic mass is 15.2. The van der Waals surface area contributed by atoms with Gasteiger partial charge in [-0.25, -0.2) is 4.98 Å². The highest BCUT2D eigenvalue weighted by Crippen LogP contribution is 2.42. The van der Waals surface area contributed by atoms with E-state index in [1.165, 1.54) is 61.2 Å². The number of nitrogens with zero attached hydrogens (tertiary/aromatic N) is 3. The van der Waals surface area contributed by atoms with Crippen molar-refractivity contribution in [2.45, 2.75) is 119 Å². The molecule has 4 nitrogen and oxygen atoms in total. The van der Waals surface area contributed by atoms with Crippen molar-refractivity contribution >= 4 is 16.6 Å². The fraction of sp³-hybridized carbons (Fsp3) is 0.452. The summed E-state index contributed by atoms with van der Waals surface area (Å²) in [6, 6.07) is 20.3. The molecular formula is C42H56N4. The van der Waals surface area contributed by atoms with Crippen LogP contribution in [-0.4, -0.2) is 14.1 Å². The topological polar surface area (TPSA) is 34.8 Å². The van der Waals surface area contributed by atoms with Crippen molar-refractivity contribution < 1.29 is 0 Å².